The zero-order valence-electron chi connectivity index (χ0n) is 10.9. The van der Waals surface area contributed by atoms with Crippen LogP contribution in [0, 0.1) is 5.92 Å². The zero-order chi connectivity index (χ0) is 12.8. The van der Waals surface area contributed by atoms with E-state index in [-0.39, 0.29) is 30.1 Å². The second-order valence-electron chi connectivity index (χ2n) is 4.86. The molecule has 1 rings (SSSR count). The summed E-state index contributed by atoms with van der Waals surface area (Å²) in [5.41, 5.74) is 11.0. The fraction of sp³-hybridized carbons (Fsp3) is 0.833. The van der Waals surface area contributed by atoms with Crippen LogP contribution < -0.4 is 11.5 Å². The molecule has 18 heavy (non-hydrogen) atoms. The van der Waals surface area contributed by atoms with E-state index in [9.17, 15) is 9.59 Å². The van der Waals surface area contributed by atoms with Crippen molar-refractivity contribution >= 4 is 24.2 Å². The van der Waals surface area contributed by atoms with Gasteiger partial charge in [-0.3, -0.25) is 9.59 Å². The molecule has 1 heterocycles. The molecule has 6 heteroatoms. The van der Waals surface area contributed by atoms with Gasteiger partial charge in [-0.1, -0.05) is 13.3 Å². The van der Waals surface area contributed by atoms with Crippen molar-refractivity contribution in [1.82, 2.24) is 4.90 Å². The quantitative estimate of drug-likeness (QED) is 0.773. The van der Waals surface area contributed by atoms with Crippen molar-refractivity contribution in [3.05, 3.63) is 0 Å². The highest BCUT2D eigenvalue weighted by Crippen LogP contribution is 2.20. The number of likely N-dealkylation sites (tertiary alicyclic amines) is 1. The summed E-state index contributed by atoms with van der Waals surface area (Å²) in [6.07, 6.45) is 3.90. The fourth-order valence-corrected chi connectivity index (χ4v) is 2.39. The van der Waals surface area contributed by atoms with Crippen molar-refractivity contribution in [3.63, 3.8) is 0 Å². The Labute approximate surface area is 115 Å². The monoisotopic (exact) mass is 277 g/mol. The van der Waals surface area contributed by atoms with E-state index in [4.69, 9.17) is 11.5 Å². The SMILES string of the molecule is CCCC(N)C(=O)N1CCCC(CC(N)=O)C1.Cl. The zero-order valence-corrected chi connectivity index (χ0v) is 11.7. The maximum Gasteiger partial charge on any atom is 0.239 e. The van der Waals surface area contributed by atoms with Crippen molar-refractivity contribution in [2.75, 3.05) is 13.1 Å². The Morgan fingerprint density at radius 2 is 2.11 bits per heavy atom. The molecule has 2 unspecified atom stereocenters. The second-order valence-corrected chi connectivity index (χ2v) is 4.86. The van der Waals surface area contributed by atoms with Gasteiger partial charge >= 0.3 is 0 Å². The number of hydrogen-bond acceptors (Lipinski definition) is 3. The Bertz CT molecular complexity index is 286. The highest BCUT2D eigenvalue weighted by Gasteiger charge is 2.27. The average molecular weight is 278 g/mol. The summed E-state index contributed by atoms with van der Waals surface area (Å²) in [6.45, 7) is 3.39. The summed E-state index contributed by atoms with van der Waals surface area (Å²) < 4.78 is 0. The molecule has 0 aliphatic carbocycles. The molecular weight excluding hydrogens is 254 g/mol. The van der Waals surface area contributed by atoms with Crippen LogP contribution in [-0.2, 0) is 9.59 Å². The predicted molar refractivity (Wildman–Crippen MR) is 73.2 cm³/mol. The number of nitrogens with two attached hydrogens (primary N) is 2. The Morgan fingerprint density at radius 3 is 2.67 bits per heavy atom. The van der Waals surface area contributed by atoms with Crippen LogP contribution in [-0.4, -0.2) is 35.8 Å². The second kappa shape index (κ2) is 8.32. The first-order chi connectivity index (χ1) is 8.04. The van der Waals surface area contributed by atoms with E-state index < -0.39 is 6.04 Å². The van der Waals surface area contributed by atoms with Gasteiger partial charge in [0.25, 0.3) is 0 Å². The molecule has 0 radical (unpaired) electrons. The van der Waals surface area contributed by atoms with E-state index in [0.29, 0.717) is 13.0 Å². The van der Waals surface area contributed by atoms with Crippen molar-refractivity contribution in [2.24, 2.45) is 17.4 Å². The molecule has 0 spiro atoms. The summed E-state index contributed by atoms with van der Waals surface area (Å²) in [5, 5.41) is 0. The minimum atomic E-state index is -0.396. The van der Waals surface area contributed by atoms with E-state index in [1.807, 2.05) is 6.92 Å². The van der Waals surface area contributed by atoms with Crippen molar-refractivity contribution < 1.29 is 9.59 Å². The number of piperidine rings is 1. The molecule has 2 atom stereocenters. The van der Waals surface area contributed by atoms with Crippen LogP contribution in [0.25, 0.3) is 0 Å². The summed E-state index contributed by atoms with van der Waals surface area (Å²) in [4.78, 5) is 24.7. The Balaban J connectivity index is 0.00000289. The number of hydrogen-bond donors (Lipinski definition) is 2. The largest absolute Gasteiger partial charge is 0.370 e. The van der Waals surface area contributed by atoms with Gasteiger partial charge in [-0.25, -0.2) is 0 Å². The Hall–Kier alpha value is -0.810. The van der Waals surface area contributed by atoms with Gasteiger partial charge < -0.3 is 16.4 Å². The molecule has 1 saturated heterocycles. The van der Waals surface area contributed by atoms with Crippen LogP contribution in [0.1, 0.15) is 39.0 Å². The Morgan fingerprint density at radius 1 is 1.44 bits per heavy atom. The van der Waals surface area contributed by atoms with Crippen molar-refractivity contribution in [1.29, 1.82) is 0 Å². The molecule has 1 aliphatic heterocycles. The summed E-state index contributed by atoms with van der Waals surface area (Å²) in [7, 11) is 0. The summed E-state index contributed by atoms with van der Waals surface area (Å²) >= 11 is 0. The lowest BCUT2D eigenvalue weighted by atomic mass is 9.94. The van der Waals surface area contributed by atoms with Gasteiger partial charge in [-0.05, 0) is 25.2 Å². The van der Waals surface area contributed by atoms with Crippen molar-refractivity contribution in [3.8, 4) is 0 Å². The minimum absolute atomic E-state index is 0. The smallest absolute Gasteiger partial charge is 0.239 e. The van der Waals surface area contributed by atoms with Crippen molar-refractivity contribution in [2.45, 2.75) is 45.1 Å². The molecule has 1 fully saturated rings. The average Bonchev–Trinajstić information content (AvgIpc) is 2.28. The number of carbonyl (C=O) groups excluding carboxylic acids is 2. The molecule has 0 bridgehead atoms. The third-order valence-electron chi connectivity index (χ3n) is 3.24. The summed E-state index contributed by atoms with van der Waals surface area (Å²) in [6, 6.07) is -0.396. The molecule has 0 aromatic rings. The maximum absolute atomic E-state index is 12.0. The predicted octanol–water partition coefficient (Wildman–Crippen LogP) is 0.650. The molecule has 0 aromatic carbocycles. The van der Waals surface area contributed by atoms with E-state index in [2.05, 4.69) is 0 Å². The van der Waals surface area contributed by atoms with Gasteiger partial charge in [0, 0.05) is 19.5 Å². The van der Waals surface area contributed by atoms with Crippen LogP contribution >= 0.6 is 12.4 Å². The number of nitrogens with zero attached hydrogens (tertiary/aromatic N) is 1. The lowest BCUT2D eigenvalue weighted by molar-refractivity contribution is -0.135. The normalized spacial score (nSPS) is 21.0. The third kappa shape index (κ3) is 5.23. The lowest BCUT2D eigenvalue weighted by Crippen LogP contribution is -2.48. The molecule has 2 amide bonds. The van der Waals surface area contributed by atoms with E-state index in [0.717, 1.165) is 32.2 Å². The van der Waals surface area contributed by atoms with Gasteiger partial charge in [0.15, 0.2) is 0 Å². The van der Waals surface area contributed by atoms with Gasteiger partial charge in [0.1, 0.15) is 0 Å². The van der Waals surface area contributed by atoms with E-state index in [1.54, 1.807) is 4.90 Å². The number of primary amides is 1. The van der Waals surface area contributed by atoms with Crippen LogP contribution in [0.3, 0.4) is 0 Å². The number of rotatable bonds is 5. The van der Waals surface area contributed by atoms with Crippen LogP contribution in [0.4, 0.5) is 0 Å². The molecule has 0 saturated carbocycles. The highest BCUT2D eigenvalue weighted by molar-refractivity contribution is 5.85. The first-order valence-corrected chi connectivity index (χ1v) is 6.37. The first kappa shape index (κ1) is 17.2. The first-order valence-electron chi connectivity index (χ1n) is 6.37. The molecular formula is C12H24ClN3O2. The van der Waals surface area contributed by atoms with Gasteiger partial charge in [0.05, 0.1) is 6.04 Å². The van der Waals surface area contributed by atoms with Gasteiger partial charge in [0.2, 0.25) is 11.8 Å². The Kier molecular flexibility index (Phi) is 7.95. The summed E-state index contributed by atoms with van der Waals surface area (Å²) in [5.74, 6) is -0.0674. The maximum atomic E-state index is 12.0. The van der Waals surface area contributed by atoms with E-state index >= 15 is 0 Å². The molecule has 5 nitrogen and oxygen atoms in total. The fourth-order valence-electron chi connectivity index (χ4n) is 2.39. The van der Waals surface area contributed by atoms with Gasteiger partial charge in [-0.15, -0.1) is 12.4 Å². The molecule has 0 aromatic heterocycles. The molecule has 106 valence electrons. The minimum Gasteiger partial charge on any atom is -0.370 e. The number of halogens is 1. The third-order valence-corrected chi connectivity index (χ3v) is 3.24. The van der Waals surface area contributed by atoms with Crippen LogP contribution in [0.2, 0.25) is 0 Å². The van der Waals surface area contributed by atoms with Gasteiger partial charge in [-0.2, -0.15) is 0 Å². The van der Waals surface area contributed by atoms with Crippen LogP contribution in [0.5, 0.6) is 0 Å². The number of amides is 2. The lowest BCUT2D eigenvalue weighted by Gasteiger charge is -2.33. The number of carbonyl (C=O) groups is 2. The standard InChI is InChI=1S/C12H23N3O2.ClH/c1-2-4-10(13)12(17)15-6-3-5-9(8-15)7-11(14)16;/h9-10H,2-8,13H2,1H3,(H2,14,16);1H. The highest BCUT2D eigenvalue weighted by atomic mass is 35.5. The van der Waals surface area contributed by atoms with E-state index in [1.165, 1.54) is 0 Å². The molecule has 1 aliphatic rings. The molecule has 4 N–H and O–H groups in total. The topological polar surface area (TPSA) is 89.4 Å². The van der Waals surface area contributed by atoms with Crippen LogP contribution in [0.15, 0.2) is 0 Å².